The molecule has 0 spiro atoms. The molecule has 0 saturated carbocycles. The van der Waals surface area contributed by atoms with Crippen molar-refractivity contribution in [2.45, 2.75) is 32.2 Å². The van der Waals surface area contributed by atoms with Crippen LogP contribution in [0.2, 0.25) is 0 Å². The third-order valence-electron chi connectivity index (χ3n) is 3.12. The molecular weight excluding hydrogens is 220 g/mol. The van der Waals surface area contributed by atoms with E-state index in [4.69, 9.17) is 0 Å². The van der Waals surface area contributed by atoms with Crippen molar-refractivity contribution < 1.29 is 4.79 Å². The number of nitrogens with zero attached hydrogens (tertiary/aromatic N) is 4. The molecule has 0 aliphatic carbocycles. The van der Waals surface area contributed by atoms with Gasteiger partial charge in [0, 0.05) is 12.6 Å². The van der Waals surface area contributed by atoms with Gasteiger partial charge in [-0.2, -0.15) is 5.21 Å². The van der Waals surface area contributed by atoms with Gasteiger partial charge in [-0.15, -0.1) is 10.2 Å². The third kappa shape index (κ3) is 3.23. The summed E-state index contributed by atoms with van der Waals surface area (Å²) in [5, 5.41) is 15.7. The Balaban J connectivity index is 1.75. The van der Waals surface area contributed by atoms with Gasteiger partial charge in [-0.05, 0) is 38.1 Å². The van der Waals surface area contributed by atoms with Gasteiger partial charge in [0.15, 0.2) is 0 Å². The molecule has 0 bridgehead atoms. The minimum Gasteiger partial charge on any atom is -0.348 e. The number of rotatable bonds is 4. The average molecular weight is 238 g/mol. The van der Waals surface area contributed by atoms with Crippen molar-refractivity contribution in [2.24, 2.45) is 0 Å². The van der Waals surface area contributed by atoms with Crippen LogP contribution in [0, 0.1) is 0 Å². The van der Waals surface area contributed by atoms with E-state index in [0.717, 1.165) is 13.1 Å². The predicted molar refractivity (Wildman–Crippen MR) is 61.4 cm³/mol. The molecule has 1 fully saturated rings. The summed E-state index contributed by atoms with van der Waals surface area (Å²) in [6.07, 6.45) is 3.82. The van der Waals surface area contributed by atoms with Gasteiger partial charge in [-0.3, -0.25) is 9.69 Å². The van der Waals surface area contributed by atoms with Crippen LogP contribution in [0.25, 0.3) is 0 Å². The highest BCUT2D eigenvalue weighted by molar-refractivity contribution is 5.89. The Morgan fingerprint density at radius 2 is 2.24 bits per heavy atom. The molecule has 1 amide bonds. The quantitative estimate of drug-likeness (QED) is 0.759. The number of likely N-dealkylation sites (tertiary alicyclic amines) is 1. The molecule has 1 unspecified atom stereocenters. The van der Waals surface area contributed by atoms with Crippen molar-refractivity contribution in [3.8, 4) is 0 Å². The SMILES string of the molecule is CC(CNC(=O)c1nn[nH]n1)N1CCCCC1. The van der Waals surface area contributed by atoms with Crippen LogP contribution in [0.4, 0.5) is 0 Å². The molecule has 7 heteroatoms. The molecule has 1 aliphatic rings. The second kappa shape index (κ2) is 5.72. The lowest BCUT2D eigenvalue weighted by atomic mass is 10.1. The maximum Gasteiger partial charge on any atom is 0.292 e. The van der Waals surface area contributed by atoms with Crippen LogP contribution >= 0.6 is 0 Å². The second-order valence-corrected chi connectivity index (χ2v) is 4.39. The molecular formula is C10H18N6O. The highest BCUT2D eigenvalue weighted by Gasteiger charge is 2.18. The van der Waals surface area contributed by atoms with Crippen molar-refractivity contribution in [3.05, 3.63) is 5.82 Å². The van der Waals surface area contributed by atoms with E-state index in [2.05, 4.69) is 37.8 Å². The van der Waals surface area contributed by atoms with E-state index in [9.17, 15) is 4.79 Å². The van der Waals surface area contributed by atoms with Gasteiger partial charge in [-0.1, -0.05) is 6.42 Å². The molecule has 1 aliphatic heterocycles. The summed E-state index contributed by atoms with van der Waals surface area (Å²) in [6.45, 7) is 4.99. The van der Waals surface area contributed by atoms with Crippen molar-refractivity contribution in [3.63, 3.8) is 0 Å². The number of carbonyl (C=O) groups excluding carboxylic acids is 1. The number of hydrogen-bond donors (Lipinski definition) is 2. The lowest BCUT2D eigenvalue weighted by Crippen LogP contribution is -2.44. The summed E-state index contributed by atoms with van der Waals surface area (Å²) < 4.78 is 0. The van der Waals surface area contributed by atoms with Gasteiger partial charge in [-0.25, -0.2) is 0 Å². The smallest absolute Gasteiger partial charge is 0.292 e. The fraction of sp³-hybridized carbons (Fsp3) is 0.800. The molecule has 1 atom stereocenters. The number of H-pyrrole nitrogens is 1. The van der Waals surface area contributed by atoms with E-state index in [0.29, 0.717) is 12.6 Å². The van der Waals surface area contributed by atoms with Gasteiger partial charge in [0.1, 0.15) is 0 Å². The Hall–Kier alpha value is -1.50. The van der Waals surface area contributed by atoms with E-state index in [1.807, 2.05) is 0 Å². The van der Waals surface area contributed by atoms with Crippen LogP contribution in [-0.4, -0.2) is 57.1 Å². The molecule has 2 N–H and O–H groups in total. The van der Waals surface area contributed by atoms with Crippen LogP contribution in [0.15, 0.2) is 0 Å². The topological polar surface area (TPSA) is 86.8 Å². The third-order valence-corrected chi connectivity index (χ3v) is 3.12. The summed E-state index contributed by atoms with van der Waals surface area (Å²) in [5.74, 6) is -0.182. The monoisotopic (exact) mass is 238 g/mol. The molecule has 2 rings (SSSR count). The Morgan fingerprint density at radius 1 is 1.47 bits per heavy atom. The van der Waals surface area contributed by atoms with Crippen LogP contribution in [0.5, 0.6) is 0 Å². The minimum absolute atomic E-state index is 0.0934. The molecule has 7 nitrogen and oxygen atoms in total. The molecule has 1 aromatic rings. The largest absolute Gasteiger partial charge is 0.348 e. The number of tetrazole rings is 1. The molecule has 0 radical (unpaired) electrons. The van der Waals surface area contributed by atoms with E-state index in [1.54, 1.807) is 0 Å². The minimum atomic E-state index is -0.275. The highest BCUT2D eigenvalue weighted by Crippen LogP contribution is 2.11. The number of nitrogens with one attached hydrogen (secondary N) is 2. The van der Waals surface area contributed by atoms with Crippen LogP contribution in [0.1, 0.15) is 36.8 Å². The molecule has 17 heavy (non-hydrogen) atoms. The Bertz CT molecular complexity index is 346. The van der Waals surface area contributed by atoms with Crippen molar-refractivity contribution in [1.29, 1.82) is 0 Å². The van der Waals surface area contributed by atoms with Gasteiger partial charge >= 0.3 is 0 Å². The normalized spacial score (nSPS) is 18.9. The lowest BCUT2D eigenvalue weighted by molar-refractivity contribution is 0.0920. The summed E-state index contributed by atoms with van der Waals surface area (Å²) in [4.78, 5) is 14.0. The van der Waals surface area contributed by atoms with Crippen LogP contribution < -0.4 is 5.32 Å². The number of aromatic nitrogens is 4. The van der Waals surface area contributed by atoms with Gasteiger partial charge in [0.05, 0.1) is 0 Å². The highest BCUT2D eigenvalue weighted by atomic mass is 16.2. The first-order chi connectivity index (χ1) is 8.27. The summed E-state index contributed by atoms with van der Waals surface area (Å²) in [5.41, 5.74) is 0. The van der Waals surface area contributed by atoms with E-state index >= 15 is 0 Å². The van der Waals surface area contributed by atoms with Crippen LogP contribution in [0.3, 0.4) is 0 Å². The predicted octanol–water partition coefficient (Wildman–Crippen LogP) is -0.196. The van der Waals surface area contributed by atoms with E-state index in [-0.39, 0.29) is 11.7 Å². The molecule has 1 saturated heterocycles. The number of hydrogen-bond acceptors (Lipinski definition) is 5. The summed E-state index contributed by atoms with van der Waals surface area (Å²) in [7, 11) is 0. The summed E-state index contributed by atoms with van der Waals surface area (Å²) in [6, 6.07) is 0.353. The maximum absolute atomic E-state index is 11.6. The zero-order valence-corrected chi connectivity index (χ0v) is 10.0. The standard InChI is InChI=1S/C10H18N6O/c1-8(16-5-3-2-4-6-16)7-11-10(17)9-12-14-15-13-9/h8H,2-7H2,1H3,(H,11,17)(H,12,13,14,15). The Morgan fingerprint density at radius 3 is 2.88 bits per heavy atom. The Labute approximate surface area is 100.0 Å². The average Bonchev–Trinajstić information content (AvgIpc) is 2.90. The number of piperidine rings is 1. The van der Waals surface area contributed by atoms with Gasteiger partial charge in [0.25, 0.3) is 11.7 Å². The number of aromatic amines is 1. The fourth-order valence-electron chi connectivity index (χ4n) is 2.07. The summed E-state index contributed by atoms with van der Waals surface area (Å²) >= 11 is 0. The molecule has 94 valence electrons. The molecule has 0 aromatic carbocycles. The number of carbonyl (C=O) groups is 1. The zero-order valence-electron chi connectivity index (χ0n) is 10.0. The van der Waals surface area contributed by atoms with E-state index < -0.39 is 0 Å². The van der Waals surface area contributed by atoms with Crippen molar-refractivity contribution in [2.75, 3.05) is 19.6 Å². The van der Waals surface area contributed by atoms with E-state index in [1.165, 1.54) is 19.3 Å². The first kappa shape index (κ1) is 12.0. The van der Waals surface area contributed by atoms with Crippen molar-refractivity contribution >= 4 is 5.91 Å². The second-order valence-electron chi connectivity index (χ2n) is 4.39. The molecule has 2 heterocycles. The first-order valence-electron chi connectivity index (χ1n) is 6.03. The van der Waals surface area contributed by atoms with Crippen molar-refractivity contribution in [1.82, 2.24) is 30.8 Å². The lowest BCUT2D eigenvalue weighted by Gasteiger charge is -2.32. The Kier molecular flexibility index (Phi) is 4.03. The van der Waals surface area contributed by atoms with Crippen LogP contribution in [-0.2, 0) is 0 Å². The van der Waals surface area contributed by atoms with Gasteiger partial charge < -0.3 is 5.32 Å². The molecule has 1 aromatic heterocycles. The maximum atomic E-state index is 11.6. The zero-order chi connectivity index (χ0) is 12.1. The first-order valence-corrected chi connectivity index (χ1v) is 6.03. The van der Waals surface area contributed by atoms with Gasteiger partial charge in [0.2, 0.25) is 0 Å². The number of amides is 1. The fourth-order valence-corrected chi connectivity index (χ4v) is 2.07.